The third-order valence-corrected chi connectivity index (χ3v) is 4.61. The molecule has 92 valence electrons. The Hall–Kier alpha value is -1.81. The second-order valence-corrected chi connectivity index (χ2v) is 5.52. The molecular weight excluding hydrogens is 242 g/mol. The molecule has 2 N–H and O–H groups in total. The molecule has 0 saturated heterocycles. The minimum Gasteiger partial charge on any atom is -0.375 e. The van der Waals surface area contributed by atoms with Crippen molar-refractivity contribution >= 4 is 27.1 Å². The van der Waals surface area contributed by atoms with Gasteiger partial charge < -0.3 is 5.32 Å². The number of nitrogens with one attached hydrogen (secondary N) is 2. The Morgan fingerprint density at radius 3 is 2.89 bits per heavy atom. The maximum Gasteiger partial charge on any atom is 0.0728 e. The van der Waals surface area contributed by atoms with Crippen molar-refractivity contribution in [1.29, 1.82) is 0 Å². The lowest BCUT2D eigenvalue weighted by Crippen LogP contribution is -2.05. The first-order chi connectivity index (χ1) is 8.75. The van der Waals surface area contributed by atoms with Crippen molar-refractivity contribution in [2.45, 2.75) is 19.9 Å². The van der Waals surface area contributed by atoms with E-state index in [1.165, 1.54) is 20.5 Å². The summed E-state index contributed by atoms with van der Waals surface area (Å²) in [4.78, 5) is 1.39. The molecule has 0 radical (unpaired) electrons. The molecule has 0 spiro atoms. The van der Waals surface area contributed by atoms with Crippen molar-refractivity contribution in [2.75, 3.05) is 5.32 Å². The summed E-state index contributed by atoms with van der Waals surface area (Å²) in [5, 5.41) is 11.6. The lowest BCUT2D eigenvalue weighted by atomic mass is 10.1. The SMILES string of the molecule is Cc1c(C(C)Nc2cn[nH]c2)sc2ccccc12. The van der Waals surface area contributed by atoms with E-state index in [1.54, 1.807) is 6.20 Å². The van der Waals surface area contributed by atoms with Gasteiger partial charge in [-0.25, -0.2) is 0 Å². The number of anilines is 1. The minimum absolute atomic E-state index is 0.292. The first kappa shape index (κ1) is 11.3. The second kappa shape index (κ2) is 4.46. The number of H-pyrrole nitrogens is 1. The number of aromatic nitrogens is 2. The molecule has 0 fully saturated rings. The molecule has 1 unspecified atom stereocenters. The summed E-state index contributed by atoms with van der Waals surface area (Å²) in [6, 6.07) is 8.85. The number of aryl methyl sites for hydroxylation is 1. The van der Waals surface area contributed by atoms with Crippen molar-refractivity contribution in [1.82, 2.24) is 10.2 Å². The summed E-state index contributed by atoms with van der Waals surface area (Å²) in [6.45, 7) is 4.38. The normalized spacial score (nSPS) is 12.8. The van der Waals surface area contributed by atoms with Gasteiger partial charge in [0.15, 0.2) is 0 Å². The van der Waals surface area contributed by atoms with Gasteiger partial charge in [0.05, 0.1) is 17.9 Å². The standard InChI is InChI=1S/C14H15N3S/c1-9-12-5-3-4-6-13(12)18-14(9)10(2)17-11-7-15-16-8-11/h3-8,10,17H,1-2H3,(H,15,16). The highest BCUT2D eigenvalue weighted by Crippen LogP contribution is 2.35. The van der Waals surface area contributed by atoms with Gasteiger partial charge in [-0.15, -0.1) is 11.3 Å². The molecule has 2 heterocycles. The summed E-state index contributed by atoms with van der Waals surface area (Å²) in [6.07, 6.45) is 3.68. The van der Waals surface area contributed by atoms with E-state index >= 15 is 0 Å². The van der Waals surface area contributed by atoms with Crippen LogP contribution in [0.5, 0.6) is 0 Å². The maximum atomic E-state index is 3.95. The van der Waals surface area contributed by atoms with Gasteiger partial charge in [-0.1, -0.05) is 18.2 Å². The van der Waals surface area contributed by atoms with Crippen LogP contribution in [0.25, 0.3) is 10.1 Å². The van der Waals surface area contributed by atoms with Crippen LogP contribution in [0.2, 0.25) is 0 Å². The molecule has 0 bridgehead atoms. The number of aromatic amines is 1. The van der Waals surface area contributed by atoms with Crippen LogP contribution in [-0.2, 0) is 0 Å². The van der Waals surface area contributed by atoms with Crippen LogP contribution in [0.3, 0.4) is 0 Å². The van der Waals surface area contributed by atoms with Gasteiger partial charge in [0, 0.05) is 15.8 Å². The summed E-state index contributed by atoms with van der Waals surface area (Å²) in [5.74, 6) is 0. The number of rotatable bonds is 3. The maximum absolute atomic E-state index is 3.95. The van der Waals surface area contributed by atoms with Crippen molar-refractivity contribution in [3.05, 3.63) is 47.1 Å². The fraction of sp³-hybridized carbons (Fsp3) is 0.214. The number of thiophene rings is 1. The Morgan fingerprint density at radius 2 is 2.17 bits per heavy atom. The van der Waals surface area contributed by atoms with Crippen molar-refractivity contribution in [3.63, 3.8) is 0 Å². The molecule has 0 amide bonds. The first-order valence-corrected chi connectivity index (χ1v) is 6.80. The molecule has 3 nitrogen and oxygen atoms in total. The van der Waals surface area contributed by atoms with Crippen LogP contribution < -0.4 is 5.32 Å². The highest BCUT2D eigenvalue weighted by atomic mass is 32.1. The molecule has 4 heteroatoms. The molecule has 2 aromatic heterocycles. The molecule has 18 heavy (non-hydrogen) atoms. The number of fused-ring (bicyclic) bond motifs is 1. The van der Waals surface area contributed by atoms with Gasteiger partial charge in [-0.3, -0.25) is 5.10 Å². The molecule has 3 aromatic rings. The van der Waals surface area contributed by atoms with E-state index < -0.39 is 0 Å². The predicted molar refractivity (Wildman–Crippen MR) is 77.2 cm³/mol. The molecule has 0 aliphatic heterocycles. The molecule has 1 atom stereocenters. The zero-order chi connectivity index (χ0) is 12.5. The fourth-order valence-electron chi connectivity index (χ4n) is 2.25. The monoisotopic (exact) mass is 257 g/mol. The average molecular weight is 257 g/mol. The number of hydrogen-bond acceptors (Lipinski definition) is 3. The lowest BCUT2D eigenvalue weighted by molar-refractivity contribution is 0.901. The topological polar surface area (TPSA) is 40.7 Å². The Labute approximate surface area is 110 Å². The van der Waals surface area contributed by atoms with E-state index in [4.69, 9.17) is 0 Å². The Balaban J connectivity index is 1.96. The van der Waals surface area contributed by atoms with Crippen LogP contribution in [0.15, 0.2) is 36.7 Å². The first-order valence-electron chi connectivity index (χ1n) is 5.99. The van der Waals surface area contributed by atoms with E-state index in [0.717, 1.165) is 5.69 Å². The predicted octanol–water partition coefficient (Wildman–Crippen LogP) is 4.11. The third kappa shape index (κ3) is 1.88. The number of nitrogens with zero attached hydrogens (tertiary/aromatic N) is 1. The van der Waals surface area contributed by atoms with E-state index in [9.17, 15) is 0 Å². The summed E-state index contributed by atoms with van der Waals surface area (Å²) in [7, 11) is 0. The zero-order valence-electron chi connectivity index (χ0n) is 10.4. The summed E-state index contributed by atoms with van der Waals surface area (Å²) in [5.41, 5.74) is 2.40. The van der Waals surface area contributed by atoms with E-state index in [1.807, 2.05) is 17.5 Å². The quantitative estimate of drug-likeness (QED) is 0.741. The Bertz CT molecular complexity index is 655. The van der Waals surface area contributed by atoms with Crippen LogP contribution in [-0.4, -0.2) is 10.2 Å². The average Bonchev–Trinajstić information content (AvgIpc) is 2.98. The van der Waals surface area contributed by atoms with Crippen LogP contribution >= 0.6 is 11.3 Å². The molecule has 0 aliphatic carbocycles. The second-order valence-electron chi connectivity index (χ2n) is 4.44. The van der Waals surface area contributed by atoms with Crippen molar-refractivity contribution < 1.29 is 0 Å². The Kier molecular flexibility index (Phi) is 2.80. The fourth-order valence-corrected chi connectivity index (χ4v) is 3.47. The molecule has 0 aliphatic rings. The van der Waals surface area contributed by atoms with Gasteiger partial charge in [0.2, 0.25) is 0 Å². The Morgan fingerprint density at radius 1 is 1.33 bits per heavy atom. The van der Waals surface area contributed by atoms with Gasteiger partial charge in [0.25, 0.3) is 0 Å². The molecule has 1 aromatic carbocycles. The van der Waals surface area contributed by atoms with Gasteiger partial charge in [0.1, 0.15) is 0 Å². The highest BCUT2D eigenvalue weighted by Gasteiger charge is 2.14. The van der Waals surface area contributed by atoms with Crippen molar-refractivity contribution in [3.8, 4) is 0 Å². The number of benzene rings is 1. The molecule has 3 rings (SSSR count). The van der Waals surface area contributed by atoms with Gasteiger partial charge in [-0.05, 0) is 30.9 Å². The zero-order valence-corrected chi connectivity index (χ0v) is 11.2. The van der Waals surface area contributed by atoms with Gasteiger partial charge >= 0.3 is 0 Å². The third-order valence-electron chi connectivity index (χ3n) is 3.16. The van der Waals surface area contributed by atoms with E-state index in [0.29, 0.717) is 6.04 Å². The van der Waals surface area contributed by atoms with Crippen molar-refractivity contribution in [2.24, 2.45) is 0 Å². The molecule has 0 saturated carbocycles. The highest BCUT2D eigenvalue weighted by molar-refractivity contribution is 7.19. The van der Waals surface area contributed by atoms with E-state index in [-0.39, 0.29) is 0 Å². The summed E-state index contributed by atoms with van der Waals surface area (Å²) >= 11 is 1.86. The minimum atomic E-state index is 0.292. The van der Waals surface area contributed by atoms with Crippen LogP contribution in [0.1, 0.15) is 23.4 Å². The largest absolute Gasteiger partial charge is 0.375 e. The smallest absolute Gasteiger partial charge is 0.0728 e. The summed E-state index contributed by atoms with van der Waals surface area (Å²) < 4.78 is 1.35. The number of hydrogen-bond donors (Lipinski definition) is 2. The van der Waals surface area contributed by atoms with E-state index in [2.05, 4.69) is 53.6 Å². The lowest BCUT2D eigenvalue weighted by Gasteiger charge is -2.12. The van der Waals surface area contributed by atoms with Crippen LogP contribution in [0.4, 0.5) is 5.69 Å². The van der Waals surface area contributed by atoms with Gasteiger partial charge in [-0.2, -0.15) is 5.10 Å². The molecular formula is C14H15N3S. The van der Waals surface area contributed by atoms with Crippen LogP contribution in [0, 0.1) is 6.92 Å².